The van der Waals surface area contributed by atoms with Crippen LogP contribution < -0.4 is 4.72 Å². The summed E-state index contributed by atoms with van der Waals surface area (Å²) in [5, 5.41) is -0.607. The van der Waals surface area contributed by atoms with Crippen LogP contribution in [0.2, 0.25) is 0 Å². The lowest BCUT2D eigenvalue weighted by atomic mass is 10.1. The van der Waals surface area contributed by atoms with E-state index in [1.165, 1.54) is 20.0 Å². The zero-order chi connectivity index (χ0) is 13.2. The molecule has 2 aliphatic carbocycles. The third-order valence-corrected chi connectivity index (χ3v) is 5.88. The van der Waals surface area contributed by atoms with Gasteiger partial charge in [-0.15, -0.1) is 0 Å². The molecule has 18 heavy (non-hydrogen) atoms. The monoisotopic (exact) mass is 275 g/mol. The fraction of sp³-hybridized carbons (Fsp3) is 0.917. The molecular weight excluding hydrogens is 254 g/mol. The van der Waals surface area contributed by atoms with Crippen LogP contribution >= 0.6 is 0 Å². The van der Waals surface area contributed by atoms with Crippen molar-refractivity contribution >= 4 is 16.0 Å². The summed E-state index contributed by atoms with van der Waals surface area (Å²) >= 11 is 0. The van der Waals surface area contributed by atoms with Gasteiger partial charge in [0.15, 0.2) is 0 Å². The Hall–Kier alpha value is -0.620. The van der Waals surface area contributed by atoms with Gasteiger partial charge in [-0.1, -0.05) is 19.3 Å². The molecule has 2 fully saturated rings. The van der Waals surface area contributed by atoms with Crippen molar-refractivity contribution in [2.75, 3.05) is 13.7 Å². The lowest BCUT2D eigenvalue weighted by molar-refractivity contribution is -0.145. The summed E-state index contributed by atoms with van der Waals surface area (Å²) in [6, 6.07) is 0. The molecule has 2 aliphatic rings. The van der Waals surface area contributed by atoms with Crippen LogP contribution in [0.1, 0.15) is 38.5 Å². The summed E-state index contributed by atoms with van der Waals surface area (Å²) in [6.45, 7) is 0.497. The van der Waals surface area contributed by atoms with E-state index < -0.39 is 27.2 Å². The van der Waals surface area contributed by atoms with Gasteiger partial charge in [0.05, 0.1) is 18.3 Å². The van der Waals surface area contributed by atoms with Crippen LogP contribution in [0.3, 0.4) is 0 Å². The van der Waals surface area contributed by atoms with Crippen LogP contribution in [0, 0.1) is 11.8 Å². The van der Waals surface area contributed by atoms with E-state index in [0.717, 1.165) is 12.8 Å². The van der Waals surface area contributed by atoms with Gasteiger partial charge in [-0.25, -0.2) is 13.1 Å². The molecule has 0 aromatic heterocycles. The first-order chi connectivity index (χ1) is 8.54. The number of nitrogens with one attached hydrogen (secondary N) is 1. The quantitative estimate of drug-likeness (QED) is 0.735. The second-order valence-corrected chi connectivity index (χ2v) is 7.25. The fourth-order valence-corrected chi connectivity index (χ4v) is 4.41. The van der Waals surface area contributed by atoms with Crippen molar-refractivity contribution in [1.82, 2.24) is 4.72 Å². The van der Waals surface area contributed by atoms with Crippen molar-refractivity contribution in [1.29, 1.82) is 0 Å². The molecule has 2 unspecified atom stereocenters. The third-order valence-electron chi connectivity index (χ3n) is 3.91. The van der Waals surface area contributed by atoms with Gasteiger partial charge in [0.25, 0.3) is 0 Å². The minimum atomic E-state index is -3.38. The second-order valence-electron chi connectivity index (χ2n) is 5.27. The molecule has 0 amide bonds. The maximum absolute atomic E-state index is 12.1. The largest absolute Gasteiger partial charge is 0.469 e. The second kappa shape index (κ2) is 5.57. The minimum absolute atomic E-state index is 0.398. The standard InChI is InChI=1S/C12H21NO4S/c1-17-12(14)10-3-2-4-11(10)18(15,16)13-8-7-9-5-6-9/h9-11,13H,2-8H2,1H3. The summed E-state index contributed by atoms with van der Waals surface area (Å²) in [5.74, 6) is -0.189. The van der Waals surface area contributed by atoms with Crippen molar-refractivity contribution < 1.29 is 17.9 Å². The van der Waals surface area contributed by atoms with Crippen LogP contribution in [0.5, 0.6) is 0 Å². The molecule has 2 saturated carbocycles. The van der Waals surface area contributed by atoms with Crippen LogP contribution in [0.4, 0.5) is 0 Å². The molecule has 0 aromatic rings. The van der Waals surface area contributed by atoms with Gasteiger partial charge in [0.1, 0.15) is 0 Å². The topological polar surface area (TPSA) is 72.5 Å². The molecule has 0 saturated heterocycles. The Balaban J connectivity index is 1.91. The number of ether oxygens (including phenoxy) is 1. The van der Waals surface area contributed by atoms with Gasteiger partial charge in [0.2, 0.25) is 10.0 Å². The Labute approximate surface area is 108 Å². The van der Waals surface area contributed by atoms with Crippen LogP contribution in [-0.2, 0) is 19.6 Å². The summed E-state index contributed by atoms with van der Waals surface area (Å²) in [5.41, 5.74) is 0. The van der Waals surface area contributed by atoms with E-state index in [0.29, 0.717) is 25.3 Å². The number of hydrogen-bond acceptors (Lipinski definition) is 4. The molecule has 2 rings (SSSR count). The predicted octanol–water partition coefficient (Wildman–Crippen LogP) is 1.05. The summed E-state index contributed by atoms with van der Waals surface area (Å²) in [4.78, 5) is 11.5. The van der Waals surface area contributed by atoms with E-state index in [4.69, 9.17) is 0 Å². The first-order valence-electron chi connectivity index (χ1n) is 6.61. The molecular formula is C12H21NO4S. The highest BCUT2D eigenvalue weighted by Gasteiger charge is 2.42. The average molecular weight is 275 g/mol. The summed E-state index contributed by atoms with van der Waals surface area (Å²) < 4.78 is 31.6. The maximum Gasteiger partial charge on any atom is 0.310 e. The van der Waals surface area contributed by atoms with E-state index in [1.54, 1.807) is 0 Å². The highest BCUT2D eigenvalue weighted by molar-refractivity contribution is 7.90. The van der Waals surface area contributed by atoms with E-state index in [9.17, 15) is 13.2 Å². The smallest absolute Gasteiger partial charge is 0.310 e. The van der Waals surface area contributed by atoms with E-state index in [-0.39, 0.29) is 0 Å². The van der Waals surface area contributed by atoms with Crippen LogP contribution in [-0.4, -0.2) is 33.3 Å². The molecule has 6 heteroatoms. The Kier molecular flexibility index (Phi) is 4.27. The summed E-state index contributed by atoms with van der Waals surface area (Å²) in [6.07, 6.45) is 5.29. The van der Waals surface area contributed by atoms with Gasteiger partial charge < -0.3 is 4.74 Å². The minimum Gasteiger partial charge on any atom is -0.469 e. The highest BCUT2D eigenvalue weighted by atomic mass is 32.2. The zero-order valence-corrected chi connectivity index (χ0v) is 11.5. The molecule has 1 N–H and O–H groups in total. The van der Waals surface area contributed by atoms with Crippen molar-refractivity contribution in [3.8, 4) is 0 Å². The molecule has 0 aromatic carbocycles. The highest BCUT2D eigenvalue weighted by Crippen LogP contribution is 2.33. The Bertz CT molecular complexity index is 402. The van der Waals surface area contributed by atoms with Gasteiger partial charge in [-0.2, -0.15) is 0 Å². The molecule has 0 heterocycles. The number of hydrogen-bond donors (Lipinski definition) is 1. The number of carbonyl (C=O) groups is 1. The van der Waals surface area contributed by atoms with Crippen molar-refractivity contribution in [3.05, 3.63) is 0 Å². The lowest BCUT2D eigenvalue weighted by Gasteiger charge is -2.18. The fourth-order valence-electron chi connectivity index (χ4n) is 2.64. The first kappa shape index (κ1) is 13.8. The Morgan fingerprint density at radius 3 is 2.61 bits per heavy atom. The number of carbonyl (C=O) groups excluding carboxylic acids is 1. The Morgan fingerprint density at radius 1 is 1.28 bits per heavy atom. The number of esters is 1. The van der Waals surface area contributed by atoms with Crippen molar-refractivity contribution in [2.24, 2.45) is 11.8 Å². The van der Waals surface area contributed by atoms with Gasteiger partial charge in [-0.3, -0.25) is 4.79 Å². The van der Waals surface area contributed by atoms with Crippen molar-refractivity contribution in [3.63, 3.8) is 0 Å². The maximum atomic E-state index is 12.1. The molecule has 0 radical (unpaired) electrons. The van der Waals surface area contributed by atoms with E-state index >= 15 is 0 Å². The predicted molar refractivity (Wildman–Crippen MR) is 67.4 cm³/mol. The van der Waals surface area contributed by atoms with Gasteiger partial charge in [-0.05, 0) is 25.2 Å². The van der Waals surface area contributed by atoms with Crippen molar-refractivity contribution in [2.45, 2.75) is 43.8 Å². The number of rotatable bonds is 6. The summed E-state index contributed by atoms with van der Waals surface area (Å²) in [7, 11) is -2.07. The number of methoxy groups -OCH3 is 1. The first-order valence-corrected chi connectivity index (χ1v) is 8.15. The lowest BCUT2D eigenvalue weighted by Crippen LogP contribution is -2.39. The van der Waals surface area contributed by atoms with Gasteiger partial charge in [0, 0.05) is 6.54 Å². The molecule has 5 nitrogen and oxygen atoms in total. The number of sulfonamides is 1. The van der Waals surface area contributed by atoms with Crippen LogP contribution in [0.15, 0.2) is 0 Å². The molecule has 0 spiro atoms. The van der Waals surface area contributed by atoms with Gasteiger partial charge >= 0.3 is 5.97 Å². The SMILES string of the molecule is COC(=O)C1CCCC1S(=O)(=O)NCCC1CC1. The molecule has 0 aliphatic heterocycles. The molecule has 2 atom stereocenters. The average Bonchev–Trinajstić information content (AvgIpc) is 3.01. The van der Waals surface area contributed by atoms with E-state index in [1.807, 2.05) is 0 Å². The molecule has 0 bridgehead atoms. The van der Waals surface area contributed by atoms with E-state index in [2.05, 4.69) is 9.46 Å². The molecule has 104 valence electrons. The van der Waals surface area contributed by atoms with Crippen LogP contribution in [0.25, 0.3) is 0 Å². The third kappa shape index (κ3) is 3.23. The zero-order valence-electron chi connectivity index (χ0n) is 10.7. The Morgan fingerprint density at radius 2 is 2.00 bits per heavy atom. The normalized spacial score (nSPS) is 28.3.